The Kier molecular flexibility index (Phi) is 3.78. The van der Waals surface area contributed by atoms with Gasteiger partial charge >= 0.3 is 0 Å². The van der Waals surface area contributed by atoms with E-state index >= 15 is 0 Å². The van der Waals surface area contributed by atoms with Gasteiger partial charge in [-0.3, -0.25) is 0 Å². The van der Waals surface area contributed by atoms with Crippen molar-refractivity contribution in [3.8, 4) is 11.5 Å². The largest absolute Gasteiger partial charge is 0.444 e. The summed E-state index contributed by atoms with van der Waals surface area (Å²) in [6.07, 6.45) is 1.67. The van der Waals surface area contributed by atoms with Crippen molar-refractivity contribution in [1.82, 2.24) is 10.3 Å². The highest BCUT2D eigenvalue weighted by molar-refractivity contribution is 9.11. The predicted octanol–water partition coefficient (Wildman–Crippen LogP) is 3.59. The summed E-state index contributed by atoms with van der Waals surface area (Å²) in [5.41, 5.74) is 1.83. The van der Waals surface area contributed by atoms with Gasteiger partial charge in [0.05, 0.1) is 11.3 Å². The molecular formula is C11H10Br2N2O. The fourth-order valence-electron chi connectivity index (χ4n) is 1.35. The van der Waals surface area contributed by atoms with Crippen LogP contribution in [-0.4, -0.2) is 12.0 Å². The number of halogens is 2. The van der Waals surface area contributed by atoms with E-state index in [2.05, 4.69) is 42.2 Å². The van der Waals surface area contributed by atoms with E-state index < -0.39 is 0 Å². The molecule has 3 nitrogen and oxygen atoms in total. The number of nitrogens with one attached hydrogen (secondary N) is 1. The van der Waals surface area contributed by atoms with Gasteiger partial charge in [-0.2, -0.15) is 0 Å². The smallest absolute Gasteiger partial charge is 0.227 e. The van der Waals surface area contributed by atoms with Gasteiger partial charge in [0.25, 0.3) is 0 Å². The second kappa shape index (κ2) is 5.12. The lowest BCUT2D eigenvalue weighted by molar-refractivity contribution is 0.571. The molecule has 0 saturated heterocycles. The summed E-state index contributed by atoms with van der Waals surface area (Å²) in [5, 5.41) is 3.03. The Labute approximate surface area is 111 Å². The van der Waals surface area contributed by atoms with Crippen LogP contribution in [0.25, 0.3) is 11.5 Å². The summed E-state index contributed by atoms with van der Waals surface area (Å²) in [5.74, 6) is 0.624. The molecule has 2 aromatic rings. The molecule has 1 heterocycles. The summed E-state index contributed by atoms with van der Waals surface area (Å²) in [7, 11) is 1.88. The van der Waals surface area contributed by atoms with Crippen LogP contribution in [0.2, 0.25) is 0 Å². The average molecular weight is 346 g/mol. The molecule has 0 aliphatic rings. The minimum atomic E-state index is 0.624. The van der Waals surface area contributed by atoms with E-state index in [1.54, 1.807) is 6.26 Å². The zero-order valence-corrected chi connectivity index (χ0v) is 11.8. The maximum Gasteiger partial charge on any atom is 0.227 e. The highest BCUT2D eigenvalue weighted by Gasteiger charge is 2.10. The second-order valence-corrected chi connectivity index (χ2v) is 5.07. The topological polar surface area (TPSA) is 38.1 Å². The fourth-order valence-corrected chi connectivity index (χ4v) is 2.13. The standard InChI is InChI=1S/C11H10Br2N2O/c1-14-5-8-6-16-11(15-8)9-4-7(12)2-3-10(9)13/h2-4,6,14H,5H2,1H3. The Morgan fingerprint density at radius 2 is 2.19 bits per heavy atom. The van der Waals surface area contributed by atoms with Crippen molar-refractivity contribution in [2.75, 3.05) is 7.05 Å². The zero-order chi connectivity index (χ0) is 11.5. The molecule has 0 fully saturated rings. The Morgan fingerprint density at radius 1 is 1.38 bits per heavy atom. The highest BCUT2D eigenvalue weighted by Crippen LogP contribution is 2.30. The van der Waals surface area contributed by atoms with Crippen LogP contribution in [0.15, 0.2) is 37.8 Å². The van der Waals surface area contributed by atoms with Crippen LogP contribution in [0.3, 0.4) is 0 Å². The van der Waals surface area contributed by atoms with Crippen molar-refractivity contribution < 1.29 is 4.42 Å². The van der Waals surface area contributed by atoms with E-state index in [-0.39, 0.29) is 0 Å². The number of nitrogens with zero attached hydrogens (tertiary/aromatic N) is 1. The van der Waals surface area contributed by atoms with Gasteiger partial charge in [-0.25, -0.2) is 4.98 Å². The van der Waals surface area contributed by atoms with Gasteiger partial charge in [0.2, 0.25) is 5.89 Å². The molecule has 1 aromatic heterocycles. The number of oxazole rings is 1. The third-order valence-electron chi connectivity index (χ3n) is 2.07. The first kappa shape index (κ1) is 11.8. The van der Waals surface area contributed by atoms with Crippen LogP contribution in [0.4, 0.5) is 0 Å². The quantitative estimate of drug-likeness (QED) is 0.923. The lowest BCUT2D eigenvalue weighted by atomic mass is 10.2. The van der Waals surface area contributed by atoms with E-state index in [0.717, 1.165) is 20.2 Å². The summed E-state index contributed by atoms with van der Waals surface area (Å²) in [6.45, 7) is 0.703. The Hall–Kier alpha value is -0.650. The van der Waals surface area contributed by atoms with Gasteiger partial charge < -0.3 is 9.73 Å². The molecule has 0 bridgehead atoms. The van der Waals surface area contributed by atoms with Gasteiger partial charge in [-0.05, 0) is 41.2 Å². The fraction of sp³-hybridized carbons (Fsp3) is 0.182. The normalized spacial score (nSPS) is 10.7. The summed E-state index contributed by atoms with van der Waals surface area (Å²) in [6, 6.07) is 5.89. The van der Waals surface area contributed by atoms with Crippen LogP contribution in [0.5, 0.6) is 0 Å². The molecule has 0 spiro atoms. The number of aromatic nitrogens is 1. The van der Waals surface area contributed by atoms with Gasteiger partial charge in [-0.1, -0.05) is 15.9 Å². The maximum absolute atomic E-state index is 5.44. The number of hydrogen-bond donors (Lipinski definition) is 1. The lowest BCUT2D eigenvalue weighted by Gasteiger charge is -2.00. The third-order valence-corrected chi connectivity index (χ3v) is 3.25. The average Bonchev–Trinajstić information content (AvgIpc) is 2.71. The summed E-state index contributed by atoms with van der Waals surface area (Å²) < 4.78 is 7.40. The molecule has 1 N–H and O–H groups in total. The predicted molar refractivity (Wildman–Crippen MR) is 70.1 cm³/mol. The van der Waals surface area contributed by atoms with E-state index in [1.165, 1.54) is 0 Å². The van der Waals surface area contributed by atoms with Crippen LogP contribution >= 0.6 is 31.9 Å². The van der Waals surface area contributed by atoms with E-state index in [0.29, 0.717) is 12.4 Å². The van der Waals surface area contributed by atoms with Gasteiger partial charge in [-0.15, -0.1) is 0 Å². The first-order valence-electron chi connectivity index (χ1n) is 4.75. The Bertz CT molecular complexity index is 496. The molecular weight excluding hydrogens is 336 g/mol. The first-order valence-corrected chi connectivity index (χ1v) is 6.33. The lowest BCUT2D eigenvalue weighted by Crippen LogP contribution is -2.04. The molecule has 1 aromatic carbocycles. The number of benzene rings is 1. The van der Waals surface area contributed by atoms with Crippen molar-refractivity contribution >= 4 is 31.9 Å². The molecule has 0 aliphatic carbocycles. The van der Waals surface area contributed by atoms with Gasteiger partial charge in [0.1, 0.15) is 6.26 Å². The molecule has 0 radical (unpaired) electrons. The summed E-state index contributed by atoms with van der Waals surface area (Å²) >= 11 is 6.91. The van der Waals surface area contributed by atoms with E-state index in [1.807, 2.05) is 25.2 Å². The molecule has 0 atom stereocenters. The van der Waals surface area contributed by atoms with Crippen molar-refractivity contribution in [3.63, 3.8) is 0 Å². The van der Waals surface area contributed by atoms with Crippen molar-refractivity contribution in [2.24, 2.45) is 0 Å². The van der Waals surface area contributed by atoms with Crippen molar-refractivity contribution in [3.05, 3.63) is 39.1 Å². The van der Waals surface area contributed by atoms with Gasteiger partial charge in [0, 0.05) is 15.5 Å². The first-order chi connectivity index (χ1) is 7.70. The van der Waals surface area contributed by atoms with Crippen molar-refractivity contribution in [2.45, 2.75) is 6.54 Å². The summed E-state index contributed by atoms with van der Waals surface area (Å²) in [4.78, 5) is 4.39. The molecule has 2 rings (SSSR count). The van der Waals surface area contributed by atoms with Crippen LogP contribution in [0, 0.1) is 0 Å². The molecule has 0 saturated carbocycles. The van der Waals surface area contributed by atoms with Crippen LogP contribution in [0.1, 0.15) is 5.69 Å². The molecule has 16 heavy (non-hydrogen) atoms. The third kappa shape index (κ3) is 2.53. The van der Waals surface area contributed by atoms with Crippen molar-refractivity contribution in [1.29, 1.82) is 0 Å². The molecule has 0 amide bonds. The van der Waals surface area contributed by atoms with E-state index in [4.69, 9.17) is 4.42 Å². The molecule has 84 valence electrons. The van der Waals surface area contributed by atoms with E-state index in [9.17, 15) is 0 Å². The minimum Gasteiger partial charge on any atom is -0.444 e. The Morgan fingerprint density at radius 3 is 2.94 bits per heavy atom. The second-order valence-electron chi connectivity index (χ2n) is 3.30. The minimum absolute atomic E-state index is 0.624. The molecule has 0 unspecified atom stereocenters. The van der Waals surface area contributed by atoms with Gasteiger partial charge in [0.15, 0.2) is 0 Å². The monoisotopic (exact) mass is 344 g/mol. The maximum atomic E-state index is 5.44. The van der Waals surface area contributed by atoms with Crippen LogP contribution in [-0.2, 0) is 6.54 Å². The Balaban J connectivity index is 2.38. The van der Waals surface area contributed by atoms with Crippen LogP contribution < -0.4 is 5.32 Å². The highest BCUT2D eigenvalue weighted by atomic mass is 79.9. The number of hydrogen-bond acceptors (Lipinski definition) is 3. The zero-order valence-electron chi connectivity index (χ0n) is 8.63. The molecule has 5 heteroatoms. The number of rotatable bonds is 3. The molecule has 0 aliphatic heterocycles. The SMILES string of the molecule is CNCc1coc(-c2cc(Br)ccc2Br)n1.